The maximum Gasteiger partial charge on any atom is 0.248 e. The zero-order chi connectivity index (χ0) is 9.10. The first-order chi connectivity index (χ1) is 6.38. The van der Waals surface area contributed by atoms with Gasteiger partial charge in [0.05, 0.1) is 0 Å². The van der Waals surface area contributed by atoms with Gasteiger partial charge < -0.3 is 10.6 Å². The molecule has 72 valence electrons. The number of hydrogen-bond donors (Lipinski definition) is 2. The van der Waals surface area contributed by atoms with E-state index in [4.69, 9.17) is 0 Å². The van der Waals surface area contributed by atoms with Crippen molar-refractivity contribution >= 4 is 5.91 Å². The number of allylic oxidation sites excluding steroid dienone is 1. The highest BCUT2D eigenvalue weighted by atomic mass is 16.1. The average Bonchev–Trinajstić information content (AvgIpc) is 2.20. The van der Waals surface area contributed by atoms with Crippen molar-refractivity contribution in [2.24, 2.45) is 0 Å². The van der Waals surface area contributed by atoms with E-state index in [9.17, 15) is 4.79 Å². The van der Waals surface area contributed by atoms with Gasteiger partial charge in [-0.2, -0.15) is 0 Å². The van der Waals surface area contributed by atoms with Gasteiger partial charge in [-0.15, -0.1) is 0 Å². The average molecular weight is 180 g/mol. The van der Waals surface area contributed by atoms with Crippen LogP contribution in [0.1, 0.15) is 32.1 Å². The van der Waals surface area contributed by atoms with E-state index in [2.05, 4.69) is 10.6 Å². The molecule has 0 saturated carbocycles. The lowest BCUT2D eigenvalue weighted by atomic mass is 9.98. The van der Waals surface area contributed by atoms with Gasteiger partial charge in [-0.05, 0) is 32.1 Å². The molecule has 0 atom stereocenters. The first-order valence-corrected chi connectivity index (χ1v) is 5.12. The largest absolute Gasteiger partial charge is 0.388 e. The third kappa shape index (κ3) is 1.85. The van der Waals surface area contributed by atoms with Gasteiger partial charge in [-0.25, -0.2) is 0 Å². The van der Waals surface area contributed by atoms with Crippen LogP contribution in [0.25, 0.3) is 0 Å². The van der Waals surface area contributed by atoms with Crippen LogP contribution in [-0.2, 0) is 4.79 Å². The predicted octanol–water partition coefficient (Wildman–Crippen LogP) is 0.924. The van der Waals surface area contributed by atoms with E-state index in [0.717, 1.165) is 37.9 Å². The normalized spacial score (nSPS) is 29.4. The van der Waals surface area contributed by atoms with Crippen molar-refractivity contribution in [1.82, 2.24) is 10.6 Å². The summed E-state index contributed by atoms with van der Waals surface area (Å²) in [6.45, 7) is 1.88. The van der Waals surface area contributed by atoms with Crippen LogP contribution in [0.4, 0.5) is 0 Å². The SMILES string of the molecule is O=C1NCCC/C1=C1\CCCCN1. The molecule has 3 nitrogen and oxygen atoms in total. The molecule has 0 aliphatic carbocycles. The summed E-state index contributed by atoms with van der Waals surface area (Å²) < 4.78 is 0. The summed E-state index contributed by atoms with van der Waals surface area (Å²) in [6.07, 6.45) is 5.56. The minimum atomic E-state index is 0.149. The van der Waals surface area contributed by atoms with Crippen molar-refractivity contribution in [3.8, 4) is 0 Å². The Morgan fingerprint density at radius 2 is 1.77 bits per heavy atom. The number of amides is 1. The van der Waals surface area contributed by atoms with E-state index in [0.29, 0.717) is 0 Å². The van der Waals surface area contributed by atoms with Gasteiger partial charge in [0.1, 0.15) is 0 Å². The maximum atomic E-state index is 11.5. The number of piperidine rings is 2. The Morgan fingerprint density at radius 3 is 2.46 bits per heavy atom. The second-order valence-electron chi connectivity index (χ2n) is 3.70. The molecule has 0 spiro atoms. The number of carbonyl (C=O) groups excluding carboxylic acids is 1. The molecule has 13 heavy (non-hydrogen) atoms. The Balaban J connectivity index is 2.13. The molecule has 2 N–H and O–H groups in total. The predicted molar refractivity (Wildman–Crippen MR) is 51.1 cm³/mol. The summed E-state index contributed by atoms with van der Waals surface area (Å²) >= 11 is 0. The molecule has 0 bridgehead atoms. The first-order valence-electron chi connectivity index (χ1n) is 5.12. The fraction of sp³-hybridized carbons (Fsp3) is 0.700. The molecule has 0 unspecified atom stereocenters. The standard InChI is InChI=1S/C10H16N2O/c13-10-8(4-3-7-12-10)9-5-1-2-6-11-9/h11H,1-7H2,(H,12,13)/b9-8-. The second kappa shape index (κ2) is 3.81. The smallest absolute Gasteiger partial charge is 0.248 e. The topological polar surface area (TPSA) is 41.1 Å². The minimum absolute atomic E-state index is 0.149. The van der Waals surface area contributed by atoms with Crippen molar-refractivity contribution in [1.29, 1.82) is 0 Å². The van der Waals surface area contributed by atoms with Gasteiger partial charge in [0.25, 0.3) is 0 Å². The van der Waals surface area contributed by atoms with E-state index in [1.54, 1.807) is 0 Å². The van der Waals surface area contributed by atoms with Gasteiger partial charge in [0.15, 0.2) is 0 Å². The van der Waals surface area contributed by atoms with Crippen LogP contribution in [0.3, 0.4) is 0 Å². The molecule has 2 fully saturated rings. The van der Waals surface area contributed by atoms with Crippen LogP contribution in [0.15, 0.2) is 11.3 Å². The van der Waals surface area contributed by atoms with Crippen LogP contribution in [0, 0.1) is 0 Å². The van der Waals surface area contributed by atoms with E-state index in [1.165, 1.54) is 18.5 Å². The number of nitrogens with one attached hydrogen (secondary N) is 2. The summed E-state index contributed by atoms with van der Waals surface area (Å²) in [5.74, 6) is 0.149. The van der Waals surface area contributed by atoms with E-state index < -0.39 is 0 Å². The lowest BCUT2D eigenvalue weighted by Crippen LogP contribution is -2.34. The highest BCUT2D eigenvalue weighted by Crippen LogP contribution is 2.20. The molecule has 0 radical (unpaired) electrons. The van der Waals surface area contributed by atoms with E-state index in [-0.39, 0.29) is 5.91 Å². The van der Waals surface area contributed by atoms with Crippen molar-refractivity contribution in [2.45, 2.75) is 32.1 Å². The Hall–Kier alpha value is -0.990. The van der Waals surface area contributed by atoms with Crippen molar-refractivity contribution in [2.75, 3.05) is 13.1 Å². The summed E-state index contributed by atoms with van der Waals surface area (Å²) in [4.78, 5) is 11.5. The monoisotopic (exact) mass is 180 g/mol. The van der Waals surface area contributed by atoms with Crippen molar-refractivity contribution in [3.05, 3.63) is 11.3 Å². The molecule has 1 amide bonds. The molecule has 2 saturated heterocycles. The summed E-state index contributed by atoms with van der Waals surface area (Å²) in [5.41, 5.74) is 2.20. The van der Waals surface area contributed by atoms with Crippen LogP contribution < -0.4 is 10.6 Å². The third-order valence-corrected chi connectivity index (χ3v) is 2.72. The van der Waals surface area contributed by atoms with Crippen LogP contribution in [0.2, 0.25) is 0 Å². The quantitative estimate of drug-likeness (QED) is 0.544. The lowest BCUT2D eigenvalue weighted by Gasteiger charge is -2.23. The van der Waals surface area contributed by atoms with Gasteiger partial charge in [-0.1, -0.05) is 0 Å². The number of carbonyl (C=O) groups is 1. The molecule has 0 aromatic rings. The first kappa shape index (κ1) is 8.60. The Labute approximate surface area is 78.6 Å². The molecular formula is C10H16N2O. The maximum absolute atomic E-state index is 11.5. The molecule has 3 heteroatoms. The lowest BCUT2D eigenvalue weighted by molar-refractivity contribution is -0.118. The van der Waals surface area contributed by atoms with Crippen molar-refractivity contribution in [3.63, 3.8) is 0 Å². The molecule has 0 aromatic carbocycles. The van der Waals surface area contributed by atoms with Gasteiger partial charge in [0.2, 0.25) is 5.91 Å². The number of rotatable bonds is 0. The Morgan fingerprint density at radius 1 is 0.923 bits per heavy atom. The molecule has 2 aliphatic rings. The van der Waals surface area contributed by atoms with Crippen molar-refractivity contribution < 1.29 is 4.79 Å². The fourth-order valence-corrected chi connectivity index (χ4v) is 1.99. The van der Waals surface area contributed by atoms with Gasteiger partial charge in [0, 0.05) is 24.4 Å². The van der Waals surface area contributed by atoms with Crippen LogP contribution >= 0.6 is 0 Å². The summed E-state index contributed by atoms with van der Waals surface area (Å²) in [7, 11) is 0. The molecule has 2 rings (SSSR count). The Kier molecular flexibility index (Phi) is 2.52. The summed E-state index contributed by atoms with van der Waals surface area (Å²) in [5, 5.41) is 6.23. The highest BCUT2D eigenvalue weighted by Gasteiger charge is 2.19. The highest BCUT2D eigenvalue weighted by molar-refractivity contribution is 5.94. The summed E-state index contributed by atoms with van der Waals surface area (Å²) in [6, 6.07) is 0. The van der Waals surface area contributed by atoms with E-state index >= 15 is 0 Å². The number of hydrogen-bond acceptors (Lipinski definition) is 2. The zero-order valence-electron chi connectivity index (χ0n) is 7.86. The third-order valence-electron chi connectivity index (χ3n) is 2.72. The van der Waals surface area contributed by atoms with Crippen LogP contribution in [-0.4, -0.2) is 19.0 Å². The molecule has 0 aromatic heterocycles. The molecule has 2 heterocycles. The van der Waals surface area contributed by atoms with E-state index in [1.807, 2.05) is 0 Å². The van der Waals surface area contributed by atoms with Gasteiger partial charge >= 0.3 is 0 Å². The minimum Gasteiger partial charge on any atom is -0.388 e. The van der Waals surface area contributed by atoms with Crippen LogP contribution in [0.5, 0.6) is 0 Å². The Bertz CT molecular complexity index is 237. The molecule has 2 aliphatic heterocycles. The fourth-order valence-electron chi connectivity index (χ4n) is 1.99. The van der Waals surface area contributed by atoms with Gasteiger partial charge in [-0.3, -0.25) is 4.79 Å². The second-order valence-corrected chi connectivity index (χ2v) is 3.70. The zero-order valence-corrected chi connectivity index (χ0v) is 7.86. The molecular weight excluding hydrogens is 164 g/mol.